The molecule has 0 atom stereocenters. The molecule has 0 saturated carbocycles. The van der Waals surface area contributed by atoms with Gasteiger partial charge in [0.1, 0.15) is 11.6 Å². The largest absolute Gasteiger partial charge is 0.484 e. The zero-order valence-electron chi connectivity index (χ0n) is 16.6. The van der Waals surface area contributed by atoms with Gasteiger partial charge in [-0.25, -0.2) is 12.8 Å². The summed E-state index contributed by atoms with van der Waals surface area (Å²) in [6.45, 7) is 0.204. The van der Waals surface area contributed by atoms with E-state index in [0.29, 0.717) is 36.5 Å². The van der Waals surface area contributed by atoms with E-state index in [0.717, 1.165) is 17.7 Å². The van der Waals surface area contributed by atoms with Crippen LogP contribution in [0.2, 0.25) is 0 Å². The number of para-hydroxylation sites is 1. The van der Waals surface area contributed by atoms with Gasteiger partial charge < -0.3 is 10.1 Å². The normalized spacial score (nSPS) is 13.4. The molecular formula is C23H21FN2O4S. The Morgan fingerprint density at radius 2 is 1.77 bits per heavy atom. The van der Waals surface area contributed by atoms with Crippen LogP contribution in [0.25, 0.3) is 0 Å². The summed E-state index contributed by atoms with van der Waals surface area (Å²) >= 11 is 0. The Kier molecular flexibility index (Phi) is 5.90. The molecule has 3 aromatic rings. The maximum absolute atomic E-state index is 13.2. The smallest absolute Gasteiger partial charge is 0.264 e. The molecule has 1 aliphatic rings. The molecule has 0 aliphatic carbocycles. The number of aryl methyl sites for hydroxylation is 1. The minimum atomic E-state index is -3.81. The number of hydrogen-bond acceptors (Lipinski definition) is 4. The van der Waals surface area contributed by atoms with E-state index in [9.17, 15) is 17.6 Å². The van der Waals surface area contributed by atoms with Gasteiger partial charge in [0.15, 0.2) is 6.61 Å². The molecule has 0 fully saturated rings. The number of halogens is 1. The molecule has 6 nitrogen and oxygen atoms in total. The van der Waals surface area contributed by atoms with Crippen molar-refractivity contribution in [3.05, 3.63) is 84.2 Å². The van der Waals surface area contributed by atoms with E-state index in [1.807, 2.05) is 18.2 Å². The number of hydrogen-bond donors (Lipinski definition) is 1. The molecule has 31 heavy (non-hydrogen) atoms. The van der Waals surface area contributed by atoms with E-state index < -0.39 is 15.8 Å². The van der Waals surface area contributed by atoms with E-state index in [2.05, 4.69) is 5.32 Å². The minimum Gasteiger partial charge on any atom is -0.484 e. The quantitative estimate of drug-likeness (QED) is 0.629. The molecule has 0 unspecified atom stereocenters. The van der Waals surface area contributed by atoms with Crippen LogP contribution in [0.5, 0.6) is 5.75 Å². The zero-order valence-corrected chi connectivity index (χ0v) is 17.4. The highest BCUT2D eigenvalue weighted by Crippen LogP contribution is 2.33. The average Bonchev–Trinajstić information content (AvgIpc) is 2.78. The number of nitrogens with zero attached hydrogens (tertiary/aromatic N) is 1. The molecular weight excluding hydrogens is 419 g/mol. The second kappa shape index (κ2) is 8.77. The van der Waals surface area contributed by atoms with Crippen molar-refractivity contribution >= 4 is 27.3 Å². The van der Waals surface area contributed by atoms with Crippen molar-refractivity contribution < 1.29 is 22.3 Å². The maximum atomic E-state index is 13.2. The third kappa shape index (κ3) is 4.69. The molecule has 0 aromatic heterocycles. The third-order valence-corrected chi connectivity index (χ3v) is 6.78. The first kappa shape index (κ1) is 20.9. The third-order valence-electron chi connectivity index (χ3n) is 4.95. The number of amides is 1. The summed E-state index contributed by atoms with van der Waals surface area (Å²) < 4.78 is 46.1. The summed E-state index contributed by atoms with van der Waals surface area (Å²) in [5.41, 5.74) is 1.95. The molecule has 8 heteroatoms. The molecule has 1 N–H and O–H groups in total. The van der Waals surface area contributed by atoms with Gasteiger partial charge in [0.25, 0.3) is 15.9 Å². The van der Waals surface area contributed by atoms with E-state index in [1.54, 1.807) is 30.3 Å². The van der Waals surface area contributed by atoms with Crippen molar-refractivity contribution in [3.63, 3.8) is 0 Å². The van der Waals surface area contributed by atoms with Gasteiger partial charge in [0.2, 0.25) is 0 Å². The summed E-state index contributed by atoms with van der Waals surface area (Å²) in [5, 5.41) is 2.78. The highest BCUT2D eigenvalue weighted by atomic mass is 32.2. The predicted molar refractivity (Wildman–Crippen MR) is 116 cm³/mol. The Bertz CT molecular complexity index is 1180. The van der Waals surface area contributed by atoms with E-state index >= 15 is 0 Å². The Balaban J connectivity index is 1.49. The first-order chi connectivity index (χ1) is 14.9. The lowest BCUT2D eigenvalue weighted by molar-refractivity contribution is -0.118. The number of carbonyl (C=O) groups is 1. The van der Waals surface area contributed by atoms with Gasteiger partial charge >= 0.3 is 0 Å². The van der Waals surface area contributed by atoms with Crippen molar-refractivity contribution in [2.45, 2.75) is 17.7 Å². The lowest BCUT2D eigenvalue weighted by Gasteiger charge is -2.31. The summed E-state index contributed by atoms with van der Waals surface area (Å²) in [6, 6.07) is 19.0. The second-order valence-electron chi connectivity index (χ2n) is 7.13. The molecule has 4 rings (SSSR count). The first-order valence-electron chi connectivity index (χ1n) is 9.82. The van der Waals surface area contributed by atoms with Gasteiger partial charge in [-0.1, -0.05) is 18.2 Å². The number of ether oxygens (including phenoxy) is 1. The van der Waals surface area contributed by atoms with E-state index in [1.165, 1.54) is 16.4 Å². The first-order valence-corrected chi connectivity index (χ1v) is 11.3. The average molecular weight is 440 g/mol. The van der Waals surface area contributed by atoms with E-state index in [4.69, 9.17) is 4.74 Å². The highest BCUT2D eigenvalue weighted by Gasteiger charge is 2.29. The Hall–Kier alpha value is -3.39. The molecule has 160 valence electrons. The summed E-state index contributed by atoms with van der Waals surface area (Å²) in [5.74, 6) is -0.199. The molecule has 0 radical (unpaired) electrons. The number of sulfonamides is 1. The lowest BCUT2D eigenvalue weighted by atomic mass is 10.0. The minimum absolute atomic E-state index is 0.0391. The molecule has 1 aliphatic heterocycles. The number of anilines is 2. The van der Waals surface area contributed by atoms with Gasteiger partial charge in [-0.3, -0.25) is 9.10 Å². The zero-order chi connectivity index (χ0) is 21.8. The fourth-order valence-corrected chi connectivity index (χ4v) is 5.03. The van der Waals surface area contributed by atoms with Crippen LogP contribution in [0.3, 0.4) is 0 Å². The fourth-order valence-electron chi connectivity index (χ4n) is 3.49. The molecule has 3 aromatic carbocycles. The predicted octanol–water partition coefficient (Wildman–Crippen LogP) is 3.98. The van der Waals surface area contributed by atoms with Crippen molar-refractivity contribution in [2.75, 3.05) is 22.8 Å². The van der Waals surface area contributed by atoms with Gasteiger partial charge in [-0.2, -0.15) is 0 Å². The number of carbonyl (C=O) groups excluding carboxylic acids is 1. The van der Waals surface area contributed by atoms with Crippen LogP contribution in [0.15, 0.2) is 77.7 Å². The number of fused-ring (bicyclic) bond motifs is 1. The van der Waals surface area contributed by atoms with Crippen molar-refractivity contribution in [1.29, 1.82) is 0 Å². The summed E-state index contributed by atoms with van der Waals surface area (Å²) in [6.07, 6.45) is 1.33. The SMILES string of the molecule is O=C(COc1ccccc1)Nc1ccc2c(c1)CCCN2S(=O)(=O)c1ccc(F)cc1. The topological polar surface area (TPSA) is 75.7 Å². The molecule has 0 spiro atoms. The Morgan fingerprint density at radius 3 is 2.52 bits per heavy atom. The number of benzene rings is 3. The van der Waals surface area contributed by atoms with E-state index in [-0.39, 0.29) is 17.4 Å². The van der Waals surface area contributed by atoms with Crippen LogP contribution < -0.4 is 14.4 Å². The van der Waals surface area contributed by atoms with Gasteiger partial charge in [0.05, 0.1) is 10.6 Å². The summed E-state index contributed by atoms with van der Waals surface area (Å²) in [7, 11) is -3.81. The number of nitrogens with one attached hydrogen (secondary N) is 1. The van der Waals surface area contributed by atoms with Crippen molar-refractivity contribution in [3.8, 4) is 5.75 Å². The second-order valence-corrected chi connectivity index (χ2v) is 8.99. The van der Waals surface area contributed by atoms with Gasteiger partial charge in [-0.15, -0.1) is 0 Å². The lowest BCUT2D eigenvalue weighted by Crippen LogP contribution is -2.35. The molecule has 1 heterocycles. The fraction of sp³-hybridized carbons (Fsp3) is 0.174. The highest BCUT2D eigenvalue weighted by molar-refractivity contribution is 7.92. The van der Waals surface area contributed by atoms with Crippen LogP contribution in [0.1, 0.15) is 12.0 Å². The van der Waals surface area contributed by atoms with Crippen LogP contribution in [-0.4, -0.2) is 27.5 Å². The summed E-state index contributed by atoms with van der Waals surface area (Å²) in [4.78, 5) is 12.3. The van der Waals surface area contributed by atoms with Crippen molar-refractivity contribution in [1.82, 2.24) is 0 Å². The van der Waals surface area contributed by atoms with Crippen molar-refractivity contribution in [2.24, 2.45) is 0 Å². The van der Waals surface area contributed by atoms with Crippen LogP contribution in [0.4, 0.5) is 15.8 Å². The standard InChI is InChI=1S/C23H21FN2O4S/c24-18-8-11-21(12-9-18)31(28,29)26-14-4-5-17-15-19(10-13-22(17)26)25-23(27)16-30-20-6-2-1-3-7-20/h1-3,6-13,15H,4-5,14,16H2,(H,25,27). The Labute approximate surface area is 180 Å². The molecule has 1 amide bonds. The maximum Gasteiger partial charge on any atom is 0.264 e. The monoisotopic (exact) mass is 440 g/mol. The molecule has 0 bridgehead atoms. The molecule has 0 saturated heterocycles. The van der Waals surface area contributed by atoms with Gasteiger partial charge in [-0.05, 0) is 73.0 Å². The van der Waals surface area contributed by atoms with Crippen LogP contribution in [0, 0.1) is 5.82 Å². The van der Waals surface area contributed by atoms with Gasteiger partial charge in [0, 0.05) is 12.2 Å². The number of rotatable bonds is 6. The Morgan fingerprint density at radius 1 is 1.03 bits per heavy atom. The van der Waals surface area contributed by atoms with Crippen LogP contribution in [-0.2, 0) is 21.2 Å². The van der Waals surface area contributed by atoms with Crippen LogP contribution >= 0.6 is 0 Å².